The van der Waals surface area contributed by atoms with Crippen molar-refractivity contribution in [3.05, 3.63) is 35.3 Å². The highest BCUT2D eigenvalue weighted by atomic mass is 32.2. The molecule has 0 bridgehead atoms. The Bertz CT molecular complexity index is 621. The van der Waals surface area contributed by atoms with Crippen molar-refractivity contribution in [2.45, 2.75) is 11.1 Å². The van der Waals surface area contributed by atoms with Crippen LogP contribution in [-0.4, -0.2) is 13.4 Å². The molecule has 90 valence electrons. The average molecular weight is 269 g/mol. The van der Waals surface area contributed by atoms with Crippen molar-refractivity contribution in [1.29, 1.82) is 0 Å². The molecule has 0 spiro atoms. The molecule has 0 aliphatic heterocycles. The summed E-state index contributed by atoms with van der Waals surface area (Å²) < 4.78 is 26.4. The van der Waals surface area contributed by atoms with E-state index in [1.165, 1.54) is 12.3 Å². The second-order valence-electron chi connectivity index (χ2n) is 3.46. The number of anilines is 2. The number of pyridine rings is 1. The zero-order valence-corrected chi connectivity index (χ0v) is 10.7. The minimum atomic E-state index is -3.53. The van der Waals surface area contributed by atoms with Crippen LogP contribution in [0.1, 0.15) is 5.56 Å². The first-order valence-electron chi connectivity index (χ1n) is 4.77. The molecule has 0 saturated heterocycles. The van der Waals surface area contributed by atoms with Gasteiger partial charge in [0, 0.05) is 0 Å². The Morgan fingerprint density at radius 2 is 2.24 bits per heavy atom. The van der Waals surface area contributed by atoms with Gasteiger partial charge >= 0.3 is 0 Å². The lowest BCUT2D eigenvalue weighted by Crippen LogP contribution is -2.12. The average Bonchev–Trinajstić information content (AvgIpc) is 2.77. The van der Waals surface area contributed by atoms with E-state index in [-0.39, 0.29) is 10.0 Å². The highest BCUT2D eigenvalue weighted by Gasteiger charge is 2.15. The maximum absolute atomic E-state index is 11.9. The van der Waals surface area contributed by atoms with E-state index in [9.17, 15) is 8.42 Å². The summed E-state index contributed by atoms with van der Waals surface area (Å²) in [5.41, 5.74) is 6.92. The highest BCUT2D eigenvalue weighted by Crippen LogP contribution is 2.20. The Morgan fingerprint density at radius 3 is 2.82 bits per heavy atom. The largest absolute Gasteiger partial charge is 0.397 e. The Morgan fingerprint density at radius 1 is 1.47 bits per heavy atom. The van der Waals surface area contributed by atoms with Crippen molar-refractivity contribution < 1.29 is 8.42 Å². The second-order valence-corrected chi connectivity index (χ2v) is 6.32. The number of hydrogen-bond donors (Lipinski definition) is 2. The minimum Gasteiger partial charge on any atom is -0.397 e. The number of rotatable bonds is 3. The fraction of sp³-hybridized carbons (Fsp3) is 0.100. The van der Waals surface area contributed by atoms with E-state index < -0.39 is 10.0 Å². The number of thiophene rings is 1. The number of nitrogen functional groups attached to an aromatic ring is 1. The van der Waals surface area contributed by atoms with Crippen LogP contribution in [-0.2, 0) is 10.0 Å². The van der Waals surface area contributed by atoms with Crippen LogP contribution in [0.15, 0.2) is 34.0 Å². The van der Waals surface area contributed by atoms with E-state index in [4.69, 9.17) is 5.73 Å². The summed E-state index contributed by atoms with van der Waals surface area (Å²) in [7, 11) is -3.53. The molecule has 5 nitrogen and oxygen atoms in total. The molecule has 2 aromatic heterocycles. The molecule has 0 aromatic carbocycles. The summed E-state index contributed by atoms with van der Waals surface area (Å²) >= 11 is 1.15. The molecule has 17 heavy (non-hydrogen) atoms. The first-order valence-corrected chi connectivity index (χ1v) is 7.14. The first-order chi connectivity index (χ1) is 7.99. The number of sulfonamides is 1. The normalized spacial score (nSPS) is 11.4. The van der Waals surface area contributed by atoms with Gasteiger partial charge in [-0.2, -0.15) is 0 Å². The fourth-order valence-corrected chi connectivity index (χ4v) is 3.22. The fourth-order valence-electron chi connectivity index (χ4n) is 1.23. The molecule has 3 N–H and O–H groups in total. The van der Waals surface area contributed by atoms with Crippen LogP contribution in [0.4, 0.5) is 11.5 Å². The topological polar surface area (TPSA) is 85.1 Å². The molecular formula is C10H11N3O2S2. The van der Waals surface area contributed by atoms with Crippen molar-refractivity contribution in [3.8, 4) is 0 Å². The van der Waals surface area contributed by atoms with Gasteiger partial charge in [0.05, 0.1) is 11.9 Å². The third-order valence-corrected chi connectivity index (χ3v) is 4.90. The van der Waals surface area contributed by atoms with Crippen molar-refractivity contribution in [3.63, 3.8) is 0 Å². The molecule has 0 aliphatic rings. The Balaban J connectivity index is 2.30. The third-order valence-electron chi connectivity index (χ3n) is 2.15. The van der Waals surface area contributed by atoms with Crippen LogP contribution in [0.25, 0.3) is 0 Å². The van der Waals surface area contributed by atoms with E-state index >= 15 is 0 Å². The summed E-state index contributed by atoms with van der Waals surface area (Å²) in [5, 5.41) is 1.70. The number of aryl methyl sites for hydroxylation is 1. The van der Waals surface area contributed by atoms with E-state index in [0.29, 0.717) is 5.69 Å². The van der Waals surface area contributed by atoms with Gasteiger partial charge in [0.1, 0.15) is 10.0 Å². The van der Waals surface area contributed by atoms with Crippen LogP contribution in [0.5, 0.6) is 0 Å². The summed E-state index contributed by atoms with van der Waals surface area (Å²) in [6.45, 7) is 1.79. The number of nitrogens with zero attached hydrogens (tertiary/aromatic N) is 1. The molecule has 2 rings (SSSR count). The SMILES string of the molecule is Cc1cc(NS(=O)(=O)c2cccs2)ncc1N. The van der Waals surface area contributed by atoms with Gasteiger partial charge < -0.3 is 5.73 Å². The number of nitrogens with one attached hydrogen (secondary N) is 1. The van der Waals surface area contributed by atoms with E-state index in [1.54, 1.807) is 24.4 Å². The van der Waals surface area contributed by atoms with Crippen molar-refractivity contribution in [1.82, 2.24) is 4.98 Å². The van der Waals surface area contributed by atoms with Gasteiger partial charge in [-0.25, -0.2) is 13.4 Å². The molecule has 0 saturated carbocycles. The van der Waals surface area contributed by atoms with Gasteiger partial charge in [0.25, 0.3) is 10.0 Å². The second kappa shape index (κ2) is 4.34. The highest BCUT2D eigenvalue weighted by molar-refractivity contribution is 7.94. The Kier molecular flexibility index (Phi) is 3.03. The monoisotopic (exact) mass is 269 g/mol. The maximum Gasteiger partial charge on any atom is 0.272 e. The standard InChI is InChI=1S/C10H11N3O2S2/c1-7-5-9(12-6-8(7)11)13-17(14,15)10-3-2-4-16-10/h2-6H,11H2,1H3,(H,12,13). The van der Waals surface area contributed by atoms with Gasteiger partial charge in [-0.3, -0.25) is 4.72 Å². The quantitative estimate of drug-likeness (QED) is 0.890. The van der Waals surface area contributed by atoms with E-state index in [1.807, 2.05) is 0 Å². The van der Waals surface area contributed by atoms with Gasteiger partial charge in [0.15, 0.2) is 0 Å². The lowest BCUT2D eigenvalue weighted by Gasteiger charge is -2.07. The summed E-state index contributed by atoms with van der Waals surface area (Å²) in [6.07, 6.45) is 1.43. The van der Waals surface area contributed by atoms with Crippen LogP contribution in [0.2, 0.25) is 0 Å². The summed E-state index contributed by atoms with van der Waals surface area (Å²) in [6, 6.07) is 4.82. The zero-order chi connectivity index (χ0) is 12.5. The molecular weight excluding hydrogens is 258 g/mol. The number of nitrogens with two attached hydrogens (primary N) is 1. The van der Waals surface area contributed by atoms with E-state index in [0.717, 1.165) is 16.9 Å². The molecule has 2 heterocycles. The van der Waals surface area contributed by atoms with Crippen molar-refractivity contribution >= 4 is 32.9 Å². The van der Waals surface area contributed by atoms with Gasteiger partial charge in [0.2, 0.25) is 0 Å². The molecule has 0 unspecified atom stereocenters. The smallest absolute Gasteiger partial charge is 0.272 e. The van der Waals surface area contributed by atoms with Crippen LogP contribution in [0, 0.1) is 6.92 Å². The lowest BCUT2D eigenvalue weighted by molar-refractivity contribution is 0.603. The zero-order valence-electron chi connectivity index (χ0n) is 9.04. The summed E-state index contributed by atoms with van der Waals surface area (Å²) in [4.78, 5) is 3.92. The molecule has 0 atom stereocenters. The summed E-state index contributed by atoms with van der Waals surface area (Å²) in [5.74, 6) is 0.269. The predicted molar refractivity (Wildman–Crippen MR) is 68.5 cm³/mol. The number of hydrogen-bond acceptors (Lipinski definition) is 5. The molecule has 0 fully saturated rings. The van der Waals surface area contributed by atoms with Gasteiger partial charge in [-0.1, -0.05) is 6.07 Å². The van der Waals surface area contributed by atoms with Crippen molar-refractivity contribution in [2.75, 3.05) is 10.5 Å². The van der Waals surface area contributed by atoms with Crippen LogP contribution >= 0.6 is 11.3 Å². The van der Waals surface area contributed by atoms with E-state index in [2.05, 4.69) is 9.71 Å². The predicted octanol–water partition coefficient (Wildman–Crippen LogP) is 1.83. The lowest BCUT2D eigenvalue weighted by atomic mass is 10.2. The molecule has 0 aliphatic carbocycles. The van der Waals surface area contributed by atoms with Gasteiger partial charge in [-0.15, -0.1) is 11.3 Å². The first kappa shape index (κ1) is 11.9. The third kappa shape index (κ3) is 2.56. The maximum atomic E-state index is 11.9. The van der Waals surface area contributed by atoms with Gasteiger partial charge in [-0.05, 0) is 30.0 Å². The molecule has 7 heteroatoms. The molecule has 2 aromatic rings. The van der Waals surface area contributed by atoms with Crippen molar-refractivity contribution in [2.24, 2.45) is 0 Å². The van der Waals surface area contributed by atoms with Crippen LogP contribution < -0.4 is 10.5 Å². The number of aromatic nitrogens is 1. The minimum absolute atomic E-state index is 0.258. The Labute approximate surface area is 103 Å². The molecule has 0 amide bonds. The molecule has 0 radical (unpaired) electrons. The van der Waals surface area contributed by atoms with Crippen LogP contribution in [0.3, 0.4) is 0 Å². The Hall–Kier alpha value is -1.60.